The second-order valence-corrected chi connectivity index (χ2v) is 7.37. The second-order valence-electron chi connectivity index (χ2n) is 4.90. The van der Waals surface area contributed by atoms with E-state index in [-0.39, 0.29) is 17.1 Å². The molecule has 0 aromatic carbocycles. The Morgan fingerprint density at radius 1 is 1.40 bits per heavy atom. The molecule has 9 heteroatoms. The Kier molecular flexibility index (Phi) is 3.47. The van der Waals surface area contributed by atoms with E-state index in [9.17, 15) is 8.42 Å². The summed E-state index contributed by atoms with van der Waals surface area (Å²) in [5, 5.41) is 0.0261. The van der Waals surface area contributed by atoms with Crippen molar-refractivity contribution in [2.45, 2.75) is 11.8 Å². The molecular weight excluding hydrogens is 306 g/mol. The minimum atomic E-state index is -3.23. The first-order chi connectivity index (χ1) is 9.44. The summed E-state index contributed by atoms with van der Waals surface area (Å²) in [4.78, 5) is 10.2. The minimum absolute atomic E-state index is 0.0261. The Hall–Kier alpha value is -1.12. The average Bonchev–Trinajstić information content (AvgIpc) is 2.36. The van der Waals surface area contributed by atoms with E-state index in [4.69, 9.17) is 21.1 Å². The molecule has 0 spiro atoms. The van der Waals surface area contributed by atoms with Gasteiger partial charge in [-0.3, -0.25) is 0 Å². The highest BCUT2D eigenvalue weighted by molar-refractivity contribution is 7.89. The van der Waals surface area contributed by atoms with Gasteiger partial charge in [-0.05, 0) is 11.6 Å². The van der Waals surface area contributed by atoms with Gasteiger partial charge >= 0.3 is 0 Å². The van der Waals surface area contributed by atoms with Crippen molar-refractivity contribution in [3.8, 4) is 5.75 Å². The summed E-state index contributed by atoms with van der Waals surface area (Å²) in [6.07, 6.45) is 1.15. The van der Waals surface area contributed by atoms with Gasteiger partial charge in [0.15, 0.2) is 21.4 Å². The number of hydrogen-bond donors (Lipinski definition) is 0. The van der Waals surface area contributed by atoms with Gasteiger partial charge in [0.1, 0.15) is 12.3 Å². The third kappa shape index (κ3) is 2.68. The maximum absolute atomic E-state index is 11.5. The molecule has 20 heavy (non-hydrogen) atoms. The first-order valence-electron chi connectivity index (χ1n) is 6.15. The smallest absolute Gasteiger partial charge is 0.224 e. The first-order valence-corrected chi connectivity index (χ1v) is 8.59. The molecule has 1 aromatic rings. The summed E-state index contributed by atoms with van der Waals surface area (Å²) in [7, 11) is -3.23. The molecular formula is C11H14ClN3O4S. The number of morpholine rings is 1. The van der Waals surface area contributed by atoms with E-state index in [0.717, 1.165) is 6.26 Å². The van der Waals surface area contributed by atoms with Crippen molar-refractivity contribution in [1.29, 1.82) is 0 Å². The Balaban J connectivity index is 2.05. The highest BCUT2D eigenvalue weighted by Gasteiger charge is 2.34. The van der Waals surface area contributed by atoms with Crippen LogP contribution in [0.2, 0.25) is 5.28 Å². The standard InChI is InChI=1S/C11H14ClN3O4S/c1-20(16,17)6-8-9-10(14-11(12)13-8)15-2-3-18-4-7(15)5-19-9/h7H,2-6H2,1H3. The maximum Gasteiger partial charge on any atom is 0.224 e. The molecule has 3 rings (SSSR count). The zero-order valence-corrected chi connectivity index (χ0v) is 12.4. The number of hydrogen-bond acceptors (Lipinski definition) is 7. The summed E-state index contributed by atoms with van der Waals surface area (Å²) < 4.78 is 34.0. The van der Waals surface area contributed by atoms with Crippen LogP contribution in [0.1, 0.15) is 5.69 Å². The number of aromatic nitrogens is 2. The fraction of sp³-hybridized carbons (Fsp3) is 0.636. The van der Waals surface area contributed by atoms with Crippen LogP contribution >= 0.6 is 11.6 Å². The molecule has 7 nitrogen and oxygen atoms in total. The van der Waals surface area contributed by atoms with Crippen LogP contribution in [0.3, 0.4) is 0 Å². The van der Waals surface area contributed by atoms with Gasteiger partial charge in [-0.1, -0.05) is 0 Å². The molecule has 0 radical (unpaired) electrons. The summed E-state index contributed by atoms with van der Waals surface area (Å²) in [6.45, 7) is 2.25. The number of fused-ring (bicyclic) bond motifs is 3. The van der Waals surface area contributed by atoms with Crippen molar-refractivity contribution >= 4 is 27.3 Å². The van der Waals surface area contributed by atoms with E-state index in [1.807, 2.05) is 4.90 Å². The third-order valence-corrected chi connectivity index (χ3v) is 4.18. The van der Waals surface area contributed by atoms with Crippen LogP contribution in [0, 0.1) is 0 Å². The van der Waals surface area contributed by atoms with Crippen molar-refractivity contribution in [2.24, 2.45) is 0 Å². The molecule has 2 aliphatic heterocycles. The van der Waals surface area contributed by atoms with Crippen molar-refractivity contribution < 1.29 is 17.9 Å². The molecule has 3 heterocycles. The van der Waals surface area contributed by atoms with E-state index in [1.165, 1.54) is 0 Å². The highest BCUT2D eigenvalue weighted by Crippen LogP contribution is 2.36. The van der Waals surface area contributed by atoms with Crippen molar-refractivity contribution in [1.82, 2.24) is 9.97 Å². The van der Waals surface area contributed by atoms with Gasteiger partial charge in [-0.15, -0.1) is 0 Å². The largest absolute Gasteiger partial charge is 0.486 e. The van der Waals surface area contributed by atoms with Crippen LogP contribution in [-0.2, 0) is 20.3 Å². The van der Waals surface area contributed by atoms with Crippen LogP contribution < -0.4 is 9.64 Å². The summed E-state index contributed by atoms with van der Waals surface area (Å²) in [5.41, 5.74) is 0.312. The van der Waals surface area contributed by atoms with Crippen LogP contribution in [-0.4, -0.2) is 57.0 Å². The molecule has 0 amide bonds. The number of nitrogens with zero attached hydrogens (tertiary/aromatic N) is 3. The number of ether oxygens (including phenoxy) is 2. The molecule has 1 saturated heterocycles. The van der Waals surface area contributed by atoms with E-state index >= 15 is 0 Å². The molecule has 0 saturated carbocycles. The average molecular weight is 320 g/mol. The number of anilines is 1. The fourth-order valence-corrected chi connectivity index (χ4v) is 3.27. The van der Waals surface area contributed by atoms with E-state index < -0.39 is 9.84 Å². The fourth-order valence-electron chi connectivity index (χ4n) is 2.39. The lowest BCUT2D eigenvalue weighted by Crippen LogP contribution is -2.51. The Morgan fingerprint density at radius 3 is 2.95 bits per heavy atom. The number of rotatable bonds is 2. The van der Waals surface area contributed by atoms with E-state index in [0.29, 0.717) is 43.6 Å². The molecule has 1 atom stereocenters. The predicted molar refractivity (Wildman–Crippen MR) is 73.0 cm³/mol. The topological polar surface area (TPSA) is 81.6 Å². The van der Waals surface area contributed by atoms with Gasteiger partial charge in [0.25, 0.3) is 0 Å². The number of halogens is 1. The summed E-state index contributed by atoms with van der Waals surface area (Å²) >= 11 is 5.91. The second kappa shape index (κ2) is 5.01. The first kappa shape index (κ1) is 13.8. The zero-order valence-electron chi connectivity index (χ0n) is 10.9. The minimum Gasteiger partial charge on any atom is -0.486 e. The zero-order chi connectivity index (χ0) is 14.3. The van der Waals surface area contributed by atoms with Gasteiger partial charge in [0.05, 0.1) is 25.0 Å². The van der Waals surface area contributed by atoms with Crippen LogP contribution in [0.25, 0.3) is 0 Å². The van der Waals surface area contributed by atoms with Crippen molar-refractivity contribution in [3.05, 3.63) is 11.0 Å². The highest BCUT2D eigenvalue weighted by atomic mass is 35.5. The lowest BCUT2D eigenvalue weighted by Gasteiger charge is -2.40. The lowest BCUT2D eigenvalue weighted by atomic mass is 10.2. The van der Waals surface area contributed by atoms with Gasteiger partial charge < -0.3 is 14.4 Å². The molecule has 0 bridgehead atoms. The Labute approximate surface area is 121 Å². The van der Waals surface area contributed by atoms with E-state index in [2.05, 4.69) is 9.97 Å². The molecule has 1 unspecified atom stereocenters. The van der Waals surface area contributed by atoms with Gasteiger partial charge in [-0.2, -0.15) is 4.98 Å². The molecule has 1 fully saturated rings. The predicted octanol–water partition coefficient (Wildman–Crippen LogP) is 0.272. The molecule has 110 valence electrons. The normalized spacial score (nSPS) is 21.9. The maximum atomic E-state index is 11.5. The molecule has 0 N–H and O–H groups in total. The van der Waals surface area contributed by atoms with Gasteiger partial charge in [0, 0.05) is 12.8 Å². The monoisotopic (exact) mass is 319 g/mol. The van der Waals surface area contributed by atoms with Crippen LogP contribution in [0.5, 0.6) is 5.75 Å². The third-order valence-electron chi connectivity index (χ3n) is 3.21. The Morgan fingerprint density at radius 2 is 2.20 bits per heavy atom. The number of sulfone groups is 1. The molecule has 0 aliphatic carbocycles. The molecule has 2 aliphatic rings. The van der Waals surface area contributed by atoms with Crippen molar-refractivity contribution in [2.75, 3.05) is 37.5 Å². The van der Waals surface area contributed by atoms with Crippen LogP contribution in [0.15, 0.2) is 0 Å². The Bertz CT molecular complexity index is 637. The summed E-state index contributed by atoms with van der Waals surface area (Å²) in [6, 6.07) is 0.0771. The van der Waals surface area contributed by atoms with Crippen LogP contribution in [0.4, 0.5) is 5.82 Å². The van der Waals surface area contributed by atoms with Crippen molar-refractivity contribution in [3.63, 3.8) is 0 Å². The van der Waals surface area contributed by atoms with E-state index in [1.54, 1.807) is 0 Å². The summed E-state index contributed by atoms with van der Waals surface area (Å²) in [5.74, 6) is 0.758. The van der Waals surface area contributed by atoms with Gasteiger partial charge in [-0.25, -0.2) is 13.4 Å². The SMILES string of the molecule is CS(=O)(=O)Cc1nc(Cl)nc2c1OCC1COCCN21. The van der Waals surface area contributed by atoms with Gasteiger partial charge in [0.2, 0.25) is 5.28 Å². The molecule has 1 aromatic heterocycles. The lowest BCUT2D eigenvalue weighted by molar-refractivity contribution is 0.0693. The quantitative estimate of drug-likeness (QED) is 0.724.